The van der Waals surface area contributed by atoms with Gasteiger partial charge in [-0.1, -0.05) is 23.7 Å². The molecule has 132 valence electrons. The summed E-state index contributed by atoms with van der Waals surface area (Å²) in [4.78, 5) is 24.2. The van der Waals surface area contributed by atoms with Crippen LogP contribution in [-0.2, 0) is 0 Å². The van der Waals surface area contributed by atoms with Gasteiger partial charge in [0.2, 0.25) is 0 Å². The standard InChI is InChI=1S/C17H11ClFN3O3S/c18-9-5-6-14-10(7-9)13(23)8-15(25-14)16(24)21-22-17(26)20-12-4-2-1-3-11(12)19/h1-8H,(H,21,24)(H2,20,22,26). The van der Waals surface area contributed by atoms with Gasteiger partial charge in [-0.15, -0.1) is 0 Å². The number of anilines is 1. The highest BCUT2D eigenvalue weighted by Crippen LogP contribution is 2.17. The van der Waals surface area contributed by atoms with Crippen molar-refractivity contribution in [2.24, 2.45) is 0 Å². The fourth-order valence-electron chi connectivity index (χ4n) is 2.13. The molecule has 0 saturated carbocycles. The summed E-state index contributed by atoms with van der Waals surface area (Å²) in [5.41, 5.74) is 4.63. The van der Waals surface area contributed by atoms with E-state index in [9.17, 15) is 14.0 Å². The second kappa shape index (κ2) is 7.51. The lowest BCUT2D eigenvalue weighted by Gasteiger charge is -2.11. The van der Waals surface area contributed by atoms with E-state index in [4.69, 9.17) is 28.2 Å². The van der Waals surface area contributed by atoms with Crippen molar-refractivity contribution in [2.75, 3.05) is 5.32 Å². The number of fused-ring (bicyclic) bond motifs is 1. The summed E-state index contributed by atoms with van der Waals surface area (Å²) in [6.07, 6.45) is 0. The van der Waals surface area contributed by atoms with E-state index < -0.39 is 17.2 Å². The van der Waals surface area contributed by atoms with Gasteiger partial charge < -0.3 is 9.73 Å². The number of carbonyl (C=O) groups excluding carboxylic acids is 1. The van der Waals surface area contributed by atoms with Crippen molar-refractivity contribution in [3.05, 3.63) is 75.4 Å². The Morgan fingerprint density at radius 2 is 1.88 bits per heavy atom. The highest BCUT2D eigenvalue weighted by molar-refractivity contribution is 7.80. The summed E-state index contributed by atoms with van der Waals surface area (Å²) < 4.78 is 18.9. The summed E-state index contributed by atoms with van der Waals surface area (Å²) in [6.45, 7) is 0. The van der Waals surface area contributed by atoms with E-state index in [1.165, 1.54) is 30.3 Å². The first kappa shape index (κ1) is 17.8. The molecule has 1 amide bonds. The van der Waals surface area contributed by atoms with Crippen molar-refractivity contribution in [3.8, 4) is 0 Å². The van der Waals surface area contributed by atoms with Gasteiger partial charge >= 0.3 is 5.91 Å². The first-order valence-electron chi connectivity index (χ1n) is 7.29. The normalized spacial score (nSPS) is 10.4. The molecule has 3 aromatic rings. The number of benzene rings is 2. The fraction of sp³-hybridized carbons (Fsp3) is 0. The number of amides is 1. The largest absolute Gasteiger partial charge is 0.451 e. The molecule has 0 aliphatic carbocycles. The molecule has 0 bridgehead atoms. The molecule has 0 aliphatic rings. The van der Waals surface area contributed by atoms with Crippen LogP contribution in [0.15, 0.2) is 57.7 Å². The van der Waals surface area contributed by atoms with Gasteiger partial charge in [0.15, 0.2) is 16.3 Å². The molecule has 2 aromatic carbocycles. The predicted octanol–water partition coefficient (Wildman–Crippen LogP) is 3.22. The van der Waals surface area contributed by atoms with Gasteiger partial charge in [-0.05, 0) is 42.5 Å². The zero-order chi connectivity index (χ0) is 18.7. The Morgan fingerprint density at radius 3 is 2.65 bits per heavy atom. The van der Waals surface area contributed by atoms with Crippen LogP contribution in [0.25, 0.3) is 11.0 Å². The minimum atomic E-state index is -0.725. The van der Waals surface area contributed by atoms with Crippen molar-refractivity contribution in [2.45, 2.75) is 0 Å². The van der Waals surface area contributed by atoms with Gasteiger partial charge in [-0.2, -0.15) is 0 Å². The fourth-order valence-corrected chi connectivity index (χ4v) is 2.46. The molecule has 1 heterocycles. The van der Waals surface area contributed by atoms with Crippen molar-refractivity contribution in [1.29, 1.82) is 0 Å². The maximum atomic E-state index is 13.5. The Morgan fingerprint density at radius 1 is 1.12 bits per heavy atom. The first-order chi connectivity index (χ1) is 12.4. The van der Waals surface area contributed by atoms with E-state index >= 15 is 0 Å². The van der Waals surface area contributed by atoms with Crippen molar-refractivity contribution >= 4 is 51.5 Å². The summed E-state index contributed by atoms with van der Waals surface area (Å²) >= 11 is 10.8. The lowest BCUT2D eigenvalue weighted by Crippen LogP contribution is -2.44. The minimum absolute atomic E-state index is 0.0432. The quantitative estimate of drug-likeness (QED) is 0.459. The third-order valence-corrected chi connectivity index (χ3v) is 3.76. The van der Waals surface area contributed by atoms with Gasteiger partial charge in [0.05, 0.1) is 11.1 Å². The van der Waals surface area contributed by atoms with Crippen LogP contribution in [-0.4, -0.2) is 11.0 Å². The van der Waals surface area contributed by atoms with Crippen LogP contribution in [0.3, 0.4) is 0 Å². The molecular formula is C17H11ClFN3O3S. The van der Waals surface area contributed by atoms with Crippen LogP contribution >= 0.6 is 23.8 Å². The Hall–Kier alpha value is -2.97. The van der Waals surface area contributed by atoms with Gasteiger partial charge in [-0.25, -0.2) is 4.39 Å². The predicted molar refractivity (Wildman–Crippen MR) is 101 cm³/mol. The van der Waals surface area contributed by atoms with Crippen molar-refractivity contribution < 1.29 is 13.6 Å². The van der Waals surface area contributed by atoms with Crippen molar-refractivity contribution in [3.63, 3.8) is 0 Å². The number of halogens is 2. The molecule has 0 unspecified atom stereocenters. The maximum Gasteiger partial charge on any atom is 0.305 e. The molecule has 9 heteroatoms. The summed E-state index contributed by atoms with van der Waals surface area (Å²) in [5, 5.41) is 3.19. The molecule has 0 fully saturated rings. The molecule has 0 spiro atoms. The Kier molecular flexibility index (Phi) is 5.15. The van der Waals surface area contributed by atoms with Gasteiger partial charge in [-0.3, -0.25) is 20.4 Å². The second-order valence-electron chi connectivity index (χ2n) is 5.13. The molecule has 0 atom stereocenters. The Balaban J connectivity index is 1.69. The SMILES string of the molecule is O=C(NNC(=S)Nc1ccccc1F)c1cc(=O)c2cc(Cl)ccc2o1. The highest BCUT2D eigenvalue weighted by Gasteiger charge is 2.13. The minimum Gasteiger partial charge on any atom is -0.451 e. The number of carbonyl (C=O) groups is 1. The zero-order valence-corrected chi connectivity index (χ0v) is 14.6. The van der Waals surface area contributed by atoms with E-state index in [0.29, 0.717) is 5.02 Å². The molecule has 6 nitrogen and oxygen atoms in total. The molecule has 26 heavy (non-hydrogen) atoms. The average molecular weight is 392 g/mol. The van der Waals surface area contributed by atoms with E-state index in [1.807, 2.05) is 0 Å². The van der Waals surface area contributed by atoms with Gasteiger partial charge in [0, 0.05) is 11.1 Å². The topological polar surface area (TPSA) is 83.4 Å². The van der Waals surface area contributed by atoms with Crippen LogP contribution in [0.1, 0.15) is 10.6 Å². The van der Waals surface area contributed by atoms with Crippen LogP contribution in [0.2, 0.25) is 5.02 Å². The van der Waals surface area contributed by atoms with Crippen LogP contribution in [0.5, 0.6) is 0 Å². The van der Waals surface area contributed by atoms with E-state index in [-0.39, 0.29) is 27.5 Å². The van der Waals surface area contributed by atoms with Crippen LogP contribution < -0.4 is 21.6 Å². The van der Waals surface area contributed by atoms with Gasteiger partial charge in [0.25, 0.3) is 0 Å². The van der Waals surface area contributed by atoms with E-state index in [0.717, 1.165) is 6.07 Å². The number of nitrogens with one attached hydrogen (secondary N) is 3. The Bertz CT molecular complexity index is 1070. The summed E-state index contributed by atoms with van der Waals surface area (Å²) in [7, 11) is 0. The summed E-state index contributed by atoms with van der Waals surface area (Å²) in [6, 6.07) is 11.4. The van der Waals surface area contributed by atoms with Crippen LogP contribution in [0.4, 0.5) is 10.1 Å². The molecular weight excluding hydrogens is 381 g/mol. The highest BCUT2D eigenvalue weighted by atomic mass is 35.5. The second-order valence-corrected chi connectivity index (χ2v) is 5.97. The Labute approximate surface area is 156 Å². The first-order valence-corrected chi connectivity index (χ1v) is 8.08. The molecule has 0 aliphatic heterocycles. The van der Waals surface area contributed by atoms with Crippen LogP contribution in [0, 0.1) is 5.82 Å². The third-order valence-electron chi connectivity index (χ3n) is 3.32. The number of hydrogen-bond acceptors (Lipinski definition) is 4. The lowest BCUT2D eigenvalue weighted by atomic mass is 10.2. The number of hydrazine groups is 1. The summed E-state index contributed by atoms with van der Waals surface area (Å²) in [5.74, 6) is -1.44. The average Bonchev–Trinajstić information content (AvgIpc) is 2.62. The number of hydrogen-bond donors (Lipinski definition) is 3. The maximum absolute atomic E-state index is 13.5. The lowest BCUT2D eigenvalue weighted by molar-refractivity contribution is 0.0917. The van der Waals surface area contributed by atoms with E-state index in [1.54, 1.807) is 12.1 Å². The van der Waals surface area contributed by atoms with E-state index in [2.05, 4.69) is 16.2 Å². The molecule has 0 saturated heterocycles. The molecule has 3 rings (SSSR count). The number of thiocarbonyl (C=S) groups is 1. The smallest absolute Gasteiger partial charge is 0.305 e. The van der Waals surface area contributed by atoms with Gasteiger partial charge in [0.1, 0.15) is 11.4 Å². The zero-order valence-electron chi connectivity index (χ0n) is 13.0. The third kappa shape index (κ3) is 3.98. The van der Waals surface area contributed by atoms with Crippen molar-refractivity contribution in [1.82, 2.24) is 10.9 Å². The molecule has 3 N–H and O–H groups in total. The number of para-hydroxylation sites is 1. The number of rotatable bonds is 2. The molecule has 0 radical (unpaired) electrons. The monoisotopic (exact) mass is 391 g/mol. The molecule has 1 aromatic heterocycles.